The number of aliphatic hydroxyl groups excluding tert-OH is 1. The van der Waals surface area contributed by atoms with Crippen LogP contribution in [0.4, 0.5) is 0 Å². The Labute approximate surface area is 179 Å². The molecule has 0 saturated heterocycles. The number of amides is 3. The predicted molar refractivity (Wildman–Crippen MR) is 99.9 cm³/mol. The minimum Gasteiger partial charge on any atom is -0.481 e. The topological polar surface area (TPSA) is 283 Å². The average Bonchev–Trinajstić information content (AvgIpc) is 2.67. The maximum Gasteiger partial charge on any atom is 0.326 e. The number of hydrogen-bond acceptors (Lipinski definition) is 9. The molecule has 0 radical (unpaired) electrons. The summed E-state index contributed by atoms with van der Waals surface area (Å²) in [7, 11) is 0. The third-order valence-electron chi connectivity index (χ3n) is 3.83. The lowest BCUT2D eigenvalue weighted by atomic mass is 10.1. The van der Waals surface area contributed by atoms with Gasteiger partial charge in [0.15, 0.2) is 0 Å². The molecule has 0 rings (SSSR count). The van der Waals surface area contributed by atoms with Crippen molar-refractivity contribution in [3.8, 4) is 0 Å². The number of carbonyl (C=O) groups is 7. The van der Waals surface area contributed by atoms with E-state index < -0.39 is 91.6 Å². The SMILES string of the molecule is NC(CCC(=O)O)C(=O)NC(CC(=O)O)C(=O)NC(CO)C(=O)NC(CC(=O)O)C(=O)O. The molecule has 0 aromatic heterocycles. The first kappa shape index (κ1) is 28.2. The van der Waals surface area contributed by atoms with Crippen molar-refractivity contribution in [3.63, 3.8) is 0 Å². The molecule has 180 valence electrons. The fourth-order valence-corrected chi connectivity index (χ4v) is 2.19. The summed E-state index contributed by atoms with van der Waals surface area (Å²) in [6.07, 6.45) is -2.76. The minimum absolute atomic E-state index is 0.315. The van der Waals surface area contributed by atoms with Crippen molar-refractivity contribution in [2.45, 2.75) is 49.9 Å². The number of carboxylic acids is 4. The fraction of sp³-hybridized carbons (Fsp3) is 0.562. The molecule has 0 aliphatic rings. The van der Waals surface area contributed by atoms with E-state index in [2.05, 4.69) is 0 Å². The van der Waals surface area contributed by atoms with Gasteiger partial charge in [-0.1, -0.05) is 0 Å². The van der Waals surface area contributed by atoms with Crippen LogP contribution in [0.1, 0.15) is 25.7 Å². The van der Waals surface area contributed by atoms with E-state index in [-0.39, 0.29) is 6.42 Å². The maximum atomic E-state index is 12.3. The van der Waals surface area contributed by atoms with E-state index in [0.717, 1.165) is 0 Å². The number of aliphatic hydroxyl groups is 1. The molecule has 4 unspecified atom stereocenters. The van der Waals surface area contributed by atoms with Crippen LogP contribution in [0.15, 0.2) is 0 Å². The second-order valence-electron chi connectivity index (χ2n) is 6.44. The first-order chi connectivity index (χ1) is 14.8. The van der Waals surface area contributed by atoms with E-state index in [9.17, 15) is 38.7 Å². The van der Waals surface area contributed by atoms with E-state index in [1.165, 1.54) is 0 Å². The summed E-state index contributed by atoms with van der Waals surface area (Å²) < 4.78 is 0. The van der Waals surface area contributed by atoms with Crippen LogP contribution in [0.5, 0.6) is 0 Å². The number of rotatable bonds is 15. The molecule has 16 nitrogen and oxygen atoms in total. The lowest BCUT2D eigenvalue weighted by Crippen LogP contribution is -2.58. The first-order valence-electron chi connectivity index (χ1n) is 8.94. The third-order valence-corrected chi connectivity index (χ3v) is 3.83. The van der Waals surface area contributed by atoms with Crippen LogP contribution < -0.4 is 21.7 Å². The molecular weight excluding hydrogens is 440 g/mol. The van der Waals surface area contributed by atoms with Gasteiger partial charge in [-0.25, -0.2) is 4.79 Å². The van der Waals surface area contributed by atoms with E-state index in [4.69, 9.17) is 26.2 Å². The zero-order valence-electron chi connectivity index (χ0n) is 16.5. The van der Waals surface area contributed by atoms with Crippen LogP contribution in [0.2, 0.25) is 0 Å². The molecular formula is C16H24N4O12. The Bertz CT molecular complexity index is 755. The number of hydrogen-bond donors (Lipinski definition) is 9. The van der Waals surface area contributed by atoms with Gasteiger partial charge in [-0.2, -0.15) is 0 Å². The molecule has 0 heterocycles. The molecule has 10 N–H and O–H groups in total. The van der Waals surface area contributed by atoms with Crippen molar-refractivity contribution >= 4 is 41.6 Å². The highest BCUT2D eigenvalue weighted by molar-refractivity contribution is 5.96. The van der Waals surface area contributed by atoms with Gasteiger partial charge in [-0.15, -0.1) is 0 Å². The van der Waals surface area contributed by atoms with E-state index in [0.29, 0.717) is 0 Å². The van der Waals surface area contributed by atoms with Crippen LogP contribution >= 0.6 is 0 Å². The Hall–Kier alpha value is -3.79. The second kappa shape index (κ2) is 13.5. The smallest absolute Gasteiger partial charge is 0.326 e. The van der Waals surface area contributed by atoms with Crippen LogP contribution in [-0.4, -0.2) is 97.9 Å². The first-order valence-corrected chi connectivity index (χ1v) is 8.94. The zero-order chi connectivity index (χ0) is 25.0. The van der Waals surface area contributed by atoms with E-state index >= 15 is 0 Å². The molecule has 0 aliphatic carbocycles. The number of nitrogens with two attached hydrogens (primary N) is 1. The van der Waals surface area contributed by atoms with Gasteiger partial charge in [0.2, 0.25) is 17.7 Å². The van der Waals surface area contributed by atoms with Crippen molar-refractivity contribution in [1.29, 1.82) is 0 Å². The highest BCUT2D eigenvalue weighted by Gasteiger charge is 2.31. The predicted octanol–water partition coefficient (Wildman–Crippen LogP) is -4.34. The van der Waals surface area contributed by atoms with E-state index in [1.54, 1.807) is 5.32 Å². The fourth-order valence-electron chi connectivity index (χ4n) is 2.19. The van der Waals surface area contributed by atoms with Crippen molar-refractivity contribution in [3.05, 3.63) is 0 Å². The number of carbonyl (C=O) groups excluding carboxylic acids is 3. The summed E-state index contributed by atoms with van der Waals surface area (Å²) in [6.45, 7) is -1.08. The molecule has 4 atom stereocenters. The molecule has 0 spiro atoms. The molecule has 0 bridgehead atoms. The summed E-state index contributed by atoms with van der Waals surface area (Å²) in [6, 6.07) is -6.87. The minimum atomic E-state index is -1.88. The standard InChI is InChI=1S/C16H24N4O12/c17-6(1-2-10(22)23)13(28)18-7(3-11(24)25)14(29)20-9(5-21)15(30)19-8(16(31)32)4-12(26)27/h6-9,21H,1-5,17H2,(H,18,28)(H,19,30)(H,20,29)(H,22,23)(H,24,25)(H,26,27)(H,31,32). The Morgan fingerprint density at radius 3 is 1.53 bits per heavy atom. The van der Waals surface area contributed by atoms with Crippen molar-refractivity contribution in [1.82, 2.24) is 16.0 Å². The second-order valence-corrected chi connectivity index (χ2v) is 6.44. The maximum absolute atomic E-state index is 12.3. The van der Waals surface area contributed by atoms with Gasteiger partial charge in [0, 0.05) is 6.42 Å². The van der Waals surface area contributed by atoms with Gasteiger partial charge >= 0.3 is 23.9 Å². The van der Waals surface area contributed by atoms with Crippen LogP contribution in [0.25, 0.3) is 0 Å². The number of carboxylic acid groups (broad SMARTS) is 4. The van der Waals surface area contributed by atoms with Crippen LogP contribution in [0, 0.1) is 0 Å². The molecule has 16 heteroatoms. The molecule has 0 fully saturated rings. The lowest BCUT2D eigenvalue weighted by molar-refractivity contribution is -0.147. The van der Waals surface area contributed by atoms with Gasteiger partial charge in [-0.3, -0.25) is 28.8 Å². The van der Waals surface area contributed by atoms with Gasteiger partial charge in [0.25, 0.3) is 0 Å². The summed E-state index contributed by atoms with van der Waals surface area (Å²) in [5.74, 6) is -9.63. The van der Waals surface area contributed by atoms with Crippen LogP contribution in [0.3, 0.4) is 0 Å². The Kier molecular flexibility index (Phi) is 11.9. The summed E-state index contributed by atoms with van der Waals surface area (Å²) in [5.41, 5.74) is 5.48. The van der Waals surface area contributed by atoms with Gasteiger partial charge < -0.3 is 47.2 Å². The van der Waals surface area contributed by atoms with E-state index in [1.807, 2.05) is 10.6 Å². The van der Waals surface area contributed by atoms with Gasteiger partial charge in [0.05, 0.1) is 25.5 Å². The number of aliphatic carboxylic acids is 4. The summed E-state index contributed by atoms with van der Waals surface area (Å²) >= 11 is 0. The molecule has 0 aromatic carbocycles. The summed E-state index contributed by atoms with van der Waals surface area (Å²) in [5, 5.41) is 50.1. The summed E-state index contributed by atoms with van der Waals surface area (Å²) in [4.78, 5) is 79.7. The van der Waals surface area contributed by atoms with Crippen LogP contribution in [-0.2, 0) is 33.6 Å². The molecule has 0 aromatic rings. The molecule has 3 amide bonds. The normalized spacial score (nSPS) is 14.2. The Morgan fingerprint density at radius 2 is 1.09 bits per heavy atom. The number of nitrogens with one attached hydrogen (secondary N) is 3. The largest absolute Gasteiger partial charge is 0.481 e. The average molecular weight is 464 g/mol. The monoisotopic (exact) mass is 464 g/mol. The van der Waals surface area contributed by atoms with Crippen molar-refractivity contribution < 1.29 is 59.1 Å². The van der Waals surface area contributed by atoms with Gasteiger partial charge in [-0.05, 0) is 6.42 Å². The molecule has 0 aliphatic heterocycles. The Balaban J connectivity index is 5.26. The third kappa shape index (κ3) is 10.8. The molecule has 0 saturated carbocycles. The van der Waals surface area contributed by atoms with Crippen molar-refractivity contribution in [2.24, 2.45) is 5.73 Å². The highest BCUT2D eigenvalue weighted by atomic mass is 16.4. The van der Waals surface area contributed by atoms with Gasteiger partial charge in [0.1, 0.15) is 18.1 Å². The highest BCUT2D eigenvalue weighted by Crippen LogP contribution is 2.01. The lowest BCUT2D eigenvalue weighted by Gasteiger charge is -2.23. The molecule has 32 heavy (non-hydrogen) atoms. The Morgan fingerprint density at radius 1 is 0.656 bits per heavy atom. The van der Waals surface area contributed by atoms with Crippen molar-refractivity contribution in [2.75, 3.05) is 6.61 Å². The quantitative estimate of drug-likeness (QED) is 0.111. The zero-order valence-corrected chi connectivity index (χ0v) is 16.5.